The van der Waals surface area contributed by atoms with Crippen molar-refractivity contribution in [3.05, 3.63) is 88.1 Å². The second kappa shape index (κ2) is 11.4. The largest absolute Gasteiger partial charge is 0.489 e. The van der Waals surface area contributed by atoms with Crippen molar-refractivity contribution in [3.8, 4) is 5.75 Å². The van der Waals surface area contributed by atoms with Gasteiger partial charge in [-0.2, -0.15) is 0 Å². The molecule has 3 aliphatic heterocycles. The van der Waals surface area contributed by atoms with E-state index in [0.29, 0.717) is 36.7 Å². The van der Waals surface area contributed by atoms with Gasteiger partial charge in [0.2, 0.25) is 5.91 Å². The van der Waals surface area contributed by atoms with Gasteiger partial charge in [0, 0.05) is 31.9 Å². The molecule has 0 saturated carbocycles. The maximum atomic E-state index is 13.3. The molecule has 0 N–H and O–H groups in total. The van der Waals surface area contributed by atoms with E-state index in [1.54, 1.807) is 0 Å². The molecule has 0 aliphatic carbocycles. The fraction of sp³-hybridized carbons (Fsp3) is 0.345. The number of fused-ring (bicyclic) bond motifs is 1. The van der Waals surface area contributed by atoms with Crippen LogP contribution in [0, 0.1) is 0 Å². The van der Waals surface area contributed by atoms with Crippen LogP contribution in [0.25, 0.3) is 0 Å². The van der Waals surface area contributed by atoms with Crippen LogP contribution in [0.1, 0.15) is 30.5 Å². The second-order valence-corrected chi connectivity index (χ2v) is 10.4. The molecular formula is C29H32N4O4S. The summed E-state index contributed by atoms with van der Waals surface area (Å²) in [5, 5.41) is 2.72. The molecule has 3 aliphatic rings. The summed E-state index contributed by atoms with van der Waals surface area (Å²) < 4.78 is 11.3. The Kier molecular flexibility index (Phi) is 7.85. The third-order valence-electron chi connectivity index (χ3n) is 7.02. The SMILES string of the molecule is COC(=O)C1=C(C)N=C2SC=C(CC(=O)N3CCN(C)CC3)N2C1c1cccc(OCc2ccccc2)c1. The zero-order chi connectivity index (χ0) is 26.6. The summed E-state index contributed by atoms with van der Waals surface area (Å²) in [6.45, 7) is 5.42. The maximum absolute atomic E-state index is 13.3. The van der Waals surface area contributed by atoms with Gasteiger partial charge in [-0.05, 0) is 42.6 Å². The summed E-state index contributed by atoms with van der Waals surface area (Å²) in [6.07, 6.45) is 0.240. The van der Waals surface area contributed by atoms with Crippen molar-refractivity contribution in [2.75, 3.05) is 40.3 Å². The maximum Gasteiger partial charge on any atom is 0.338 e. The Bertz CT molecular complexity index is 1300. The van der Waals surface area contributed by atoms with Gasteiger partial charge in [-0.1, -0.05) is 54.2 Å². The first kappa shape index (κ1) is 26.1. The number of ether oxygens (including phenoxy) is 2. The van der Waals surface area contributed by atoms with Crippen LogP contribution in [0.15, 0.2) is 82.0 Å². The summed E-state index contributed by atoms with van der Waals surface area (Å²) in [5.74, 6) is 0.339. The van der Waals surface area contributed by atoms with E-state index in [-0.39, 0.29) is 12.3 Å². The van der Waals surface area contributed by atoms with Crippen molar-refractivity contribution in [3.63, 3.8) is 0 Å². The van der Waals surface area contributed by atoms with E-state index in [4.69, 9.17) is 14.5 Å². The number of amides is 1. The standard InChI is InChI=1S/C29H32N4O4S/c1-20-26(28(35)36-3)27(22-10-7-11-24(16-22)37-18-21-8-5-4-6-9-21)33-23(19-38-29(33)30-20)17-25(34)32-14-12-31(2)13-15-32/h4-11,16,19,27H,12-15,17-18H2,1-3H3. The molecule has 8 nitrogen and oxygen atoms in total. The number of amidine groups is 1. The molecule has 0 spiro atoms. The molecule has 0 bridgehead atoms. The molecule has 1 amide bonds. The summed E-state index contributed by atoms with van der Waals surface area (Å²) in [7, 11) is 3.45. The van der Waals surface area contributed by atoms with Crippen LogP contribution >= 0.6 is 11.8 Å². The van der Waals surface area contributed by atoms with Gasteiger partial charge in [-0.25, -0.2) is 9.79 Å². The van der Waals surface area contributed by atoms with E-state index in [1.165, 1.54) is 18.9 Å². The molecule has 1 saturated heterocycles. The Morgan fingerprint density at radius 1 is 1.05 bits per heavy atom. The lowest BCUT2D eigenvalue weighted by atomic mass is 9.93. The van der Waals surface area contributed by atoms with Crippen molar-refractivity contribution in [1.82, 2.24) is 14.7 Å². The topological polar surface area (TPSA) is 74.7 Å². The van der Waals surface area contributed by atoms with E-state index in [1.807, 2.05) is 76.7 Å². The number of thioether (sulfide) groups is 1. The Hall–Kier alpha value is -3.56. The predicted molar refractivity (Wildman–Crippen MR) is 148 cm³/mol. The first-order chi connectivity index (χ1) is 18.4. The van der Waals surface area contributed by atoms with Gasteiger partial charge in [0.05, 0.1) is 30.8 Å². The Morgan fingerprint density at radius 2 is 1.82 bits per heavy atom. The minimum Gasteiger partial charge on any atom is -0.489 e. The Balaban J connectivity index is 1.43. The highest BCUT2D eigenvalue weighted by atomic mass is 32.2. The first-order valence-electron chi connectivity index (χ1n) is 12.7. The summed E-state index contributed by atoms with van der Waals surface area (Å²) in [6, 6.07) is 17.2. The smallest absolute Gasteiger partial charge is 0.338 e. The van der Waals surface area contributed by atoms with Crippen LogP contribution in [0.3, 0.4) is 0 Å². The van der Waals surface area contributed by atoms with Crippen molar-refractivity contribution >= 4 is 28.8 Å². The number of likely N-dealkylation sites (N-methyl/N-ethyl adjacent to an activating group) is 1. The lowest BCUT2D eigenvalue weighted by Gasteiger charge is -2.37. The van der Waals surface area contributed by atoms with Gasteiger partial charge in [0.15, 0.2) is 5.17 Å². The highest BCUT2D eigenvalue weighted by molar-refractivity contribution is 8.16. The molecule has 2 aromatic carbocycles. The van der Waals surface area contributed by atoms with Crippen LogP contribution in [-0.2, 0) is 20.9 Å². The Morgan fingerprint density at radius 3 is 2.55 bits per heavy atom. The molecular weight excluding hydrogens is 500 g/mol. The highest BCUT2D eigenvalue weighted by Gasteiger charge is 2.41. The van der Waals surface area contributed by atoms with E-state index in [9.17, 15) is 9.59 Å². The molecule has 198 valence electrons. The van der Waals surface area contributed by atoms with Crippen molar-refractivity contribution in [2.45, 2.75) is 26.0 Å². The van der Waals surface area contributed by atoms with E-state index in [2.05, 4.69) is 11.9 Å². The van der Waals surface area contributed by atoms with E-state index in [0.717, 1.165) is 35.1 Å². The number of piperazine rings is 1. The van der Waals surface area contributed by atoms with Gasteiger partial charge in [-0.15, -0.1) is 0 Å². The Labute approximate surface area is 227 Å². The van der Waals surface area contributed by atoms with Gasteiger partial charge in [-0.3, -0.25) is 4.79 Å². The average molecular weight is 533 g/mol. The third kappa shape index (κ3) is 5.49. The number of methoxy groups -OCH3 is 1. The van der Waals surface area contributed by atoms with Crippen LogP contribution in [0.4, 0.5) is 0 Å². The molecule has 1 fully saturated rings. The van der Waals surface area contributed by atoms with Crippen molar-refractivity contribution in [2.24, 2.45) is 4.99 Å². The van der Waals surface area contributed by atoms with E-state index < -0.39 is 12.0 Å². The fourth-order valence-electron chi connectivity index (χ4n) is 4.89. The number of esters is 1. The van der Waals surface area contributed by atoms with Crippen LogP contribution in [0.5, 0.6) is 5.75 Å². The molecule has 3 heterocycles. The fourth-order valence-corrected chi connectivity index (χ4v) is 5.86. The van der Waals surface area contributed by atoms with Gasteiger partial charge >= 0.3 is 5.97 Å². The van der Waals surface area contributed by atoms with Crippen molar-refractivity contribution in [1.29, 1.82) is 0 Å². The average Bonchev–Trinajstić information content (AvgIpc) is 3.33. The molecule has 9 heteroatoms. The molecule has 0 radical (unpaired) electrons. The number of benzene rings is 2. The number of carbonyl (C=O) groups is 2. The summed E-state index contributed by atoms with van der Waals surface area (Å²) in [5.41, 5.74) is 3.82. The number of allylic oxidation sites excluding steroid dienone is 1. The third-order valence-corrected chi connectivity index (χ3v) is 7.91. The molecule has 38 heavy (non-hydrogen) atoms. The zero-order valence-electron chi connectivity index (χ0n) is 21.9. The summed E-state index contributed by atoms with van der Waals surface area (Å²) >= 11 is 1.48. The highest BCUT2D eigenvalue weighted by Crippen LogP contribution is 2.45. The number of carbonyl (C=O) groups excluding carboxylic acids is 2. The normalized spacial score (nSPS) is 19.6. The monoisotopic (exact) mass is 532 g/mol. The number of nitrogens with zero attached hydrogens (tertiary/aromatic N) is 4. The first-order valence-corrected chi connectivity index (χ1v) is 13.6. The second-order valence-electron chi connectivity index (χ2n) is 9.59. The quantitative estimate of drug-likeness (QED) is 0.496. The van der Waals surface area contributed by atoms with E-state index >= 15 is 0 Å². The molecule has 1 atom stereocenters. The van der Waals surface area contributed by atoms with Crippen molar-refractivity contribution < 1.29 is 19.1 Å². The lowest BCUT2D eigenvalue weighted by Crippen LogP contribution is -2.47. The number of aliphatic imine (C=N–C) groups is 1. The minimum atomic E-state index is -0.489. The number of hydrogen-bond donors (Lipinski definition) is 0. The number of hydrogen-bond acceptors (Lipinski definition) is 8. The van der Waals surface area contributed by atoms with Crippen LogP contribution in [0.2, 0.25) is 0 Å². The van der Waals surface area contributed by atoms with Crippen LogP contribution < -0.4 is 4.74 Å². The molecule has 1 unspecified atom stereocenters. The van der Waals surface area contributed by atoms with Crippen LogP contribution in [-0.4, -0.2) is 72.1 Å². The lowest BCUT2D eigenvalue weighted by molar-refractivity contribution is -0.136. The summed E-state index contributed by atoms with van der Waals surface area (Å²) in [4.78, 5) is 37.2. The molecule has 0 aromatic heterocycles. The van der Waals surface area contributed by atoms with Gasteiger partial charge < -0.3 is 24.2 Å². The van der Waals surface area contributed by atoms with Gasteiger partial charge in [0.1, 0.15) is 12.4 Å². The van der Waals surface area contributed by atoms with Gasteiger partial charge in [0.25, 0.3) is 0 Å². The molecule has 2 aromatic rings. The molecule has 5 rings (SSSR count). The predicted octanol–water partition coefficient (Wildman–Crippen LogP) is 4.18. The number of rotatable bonds is 7. The zero-order valence-corrected chi connectivity index (χ0v) is 22.7. The minimum absolute atomic E-state index is 0.0794.